The fourth-order valence-electron chi connectivity index (χ4n) is 2.48. The summed E-state index contributed by atoms with van der Waals surface area (Å²) in [5.74, 6) is 0.755. The molecule has 3 rings (SSSR count). The van der Waals surface area contributed by atoms with E-state index in [1.54, 1.807) is 12.3 Å². The molecule has 1 aromatic heterocycles. The van der Waals surface area contributed by atoms with E-state index in [4.69, 9.17) is 10.00 Å². The van der Waals surface area contributed by atoms with E-state index >= 15 is 0 Å². The molecule has 0 radical (unpaired) electrons. The summed E-state index contributed by atoms with van der Waals surface area (Å²) in [5, 5.41) is 18.7. The van der Waals surface area contributed by atoms with Crippen LogP contribution in [0.1, 0.15) is 34.9 Å². The third-order valence-electron chi connectivity index (χ3n) is 3.55. The van der Waals surface area contributed by atoms with Gasteiger partial charge in [0.15, 0.2) is 0 Å². The molecule has 20 heavy (non-hydrogen) atoms. The van der Waals surface area contributed by atoms with Crippen molar-refractivity contribution >= 4 is 0 Å². The number of aliphatic hydroxyl groups is 1. The first-order valence-corrected chi connectivity index (χ1v) is 6.55. The monoisotopic (exact) mass is 266 g/mol. The van der Waals surface area contributed by atoms with Crippen LogP contribution in [0.15, 0.2) is 36.5 Å². The van der Waals surface area contributed by atoms with Crippen molar-refractivity contribution in [1.82, 2.24) is 4.98 Å². The van der Waals surface area contributed by atoms with Crippen molar-refractivity contribution in [3.8, 4) is 11.8 Å². The van der Waals surface area contributed by atoms with Crippen LogP contribution in [0.25, 0.3) is 0 Å². The molecule has 1 aliphatic carbocycles. The smallest absolute Gasteiger partial charge is 0.147 e. The molecule has 1 N–H and O–H groups in total. The summed E-state index contributed by atoms with van der Waals surface area (Å²) in [7, 11) is 0. The highest BCUT2D eigenvalue weighted by Gasteiger charge is 2.20. The normalized spacial score (nSPS) is 16.5. The number of aromatic nitrogens is 1. The Kier molecular flexibility index (Phi) is 3.36. The van der Waals surface area contributed by atoms with Crippen LogP contribution in [0.3, 0.4) is 0 Å². The van der Waals surface area contributed by atoms with Gasteiger partial charge >= 0.3 is 0 Å². The second-order valence-corrected chi connectivity index (χ2v) is 4.83. The third-order valence-corrected chi connectivity index (χ3v) is 3.55. The Balaban J connectivity index is 1.75. The lowest BCUT2D eigenvalue weighted by Crippen LogP contribution is -2.00. The molecule has 1 aromatic carbocycles. The van der Waals surface area contributed by atoms with Crippen LogP contribution in [-0.4, -0.2) is 10.1 Å². The van der Waals surface area contributed by atoms with Crippen molar-refractivity contribution in [2.75, 3.05) is 0 Å². The lowest BCUT2D eigenvalue weighted by molar-refractivity contribution is 0.180. The molecule has 0 amide bonds. The van der Waals surface area contributed by atoms with Gasteiger partial charge in [0, 0.05) is 11.8 Å². The Labute approximate surface area is 117 Å². The summed E-state index contributed by atoms with van der Waals surface area (Å²) < 4.78 is 5.72. The highest BCUT2D eigenvalue weighted by Crippen LogP contribution is 2.33. The fraction of sp³-hybridized carbons (Fsp3) is 0.250. The van der Waals surface area contributed by atoms with Gasteiger partial charge in [-0.3, -0.25) is 0 Å². The summed E-state index contributed by atoms with van der Waals surface area (Å²) in [6.07, 6.45) is 2.91. The highest BCUT2D eigenvalue weighted by molar-refractivity contribution is 5.40. The second kappa shape index (κ2) is 5.32. The summed E-state index contributed by atoms with van der Waals surface area (Å²) >= 11 is 0. The van der Waals surface area contributed by atoms with Crippen LogP contribution < -0.4 is 4.74 Å². The molecule has 0 spiro atoms. The van der Waals surface area contributed by atoms with E-state index in [1.165, 1.54) is 0 Å². The number of rotatable bonds is 3. The molecular formula is C16H14N2O2. The molecule has 4 heteroatoms. The maximum Gasteiger partial charge on any atom is 0.147 e. The Morgan fingerprint density at radius 2 is 2.30 bits per heavy atom. The van der Waals surface area contributed by atoms with Gasteiger partial charge in [-0.1, -0.05) is 12.1 Å². The van der Waals surface area contributed by atoms with Gasteiger partial charge < -0.3 is 9.84 Å². The van der Waals surface area contributed by atoms with Gasteiger partial charge in [0.05, 0.1) is 6.10 Å². The Bertz CT molecular complexity index is 676. The molecule has 4 nitrogen and oxygen atoms in total. The largest absolute Gasteiger partial charge is 0.489 e. The van der Waals surface area contributed by atoms with E-state index < -0.39 is 0 Å². The SMILES string of the molecule is N#Cc1ncccc1COc1ccc2c(c1)CC[C@H]2O. The number of nitriles is 1. The first-order chi connectivity index (χ1) is 9.78. The molecule has 0 aliphatic heterocycles. The predicted molar refractivity (Wildman–Crippen MR) is 73.0 cm³/mol. The van der Waals surface area contributed by atoms with Crippen LogP contribution in [0, 0.1) is 11.3 Å². The summed E-state index contributed by atoms with van der Waals surface area (Å²) in [6.45, 7) is 0.318. The molecule has 0 unspecified atom stereocenters. The summed E-state index contributed by atoms with van der Waals surface area (Å²) in [5.41, 5.74) is 3.30. The number of ether oxygens (including phenoxy) is 1. The zero-order valence-electron chi connectivity index (χ0n) is 10.9. The van der Waals surface area contributed by atoms with Gasteiger partial charge in [-0.2, -0.15) is 5.26 Å². The topological polar surface area (TPSA) is 66.1 Å². The van der Waals surface area contributed by atoms with Crippen molar-refractivity contribution in [1.29, 1.82) is 5.26 Å². The molecule has 0 saturated heterocycles. The average Bonchev–Trinajstić information content (AvgIpc) is 2.86. The van der Waals surface area contributed by atoms with Crippen molar-refractivity contribution in [3.63, 3.8) is 0 Å². The molecule has 1 atom stereocenters. The Hall–Kier alpha value is -2.38. The van der Waals surface area contributed by atoms with E-state index in [-0.39, 0.29) is 6.10 Å². The van der Waals surface area contributed by atoms with Crippen molar-refractivity contribution in [2.45, 2.75) is 25.6 Å². The first-order valence-electron chi connectivity index (χ1n) is 6.55. The van der Waals surface area contributed by atoms with Crippen LogP contribution in [0.2, 0.25) is 0 Å². The lowest BCUT2D eigenvalue weighted by atomic mass is 10.1. The van der Waals surface area contributed by atoms with Crippen LogP contribution in [-0.2, 0) is 13.0 Å². The minimum absolute atomic E-state index is 0.318. The number of hydrogen-bond acceptors (Lipinski definition) is 4. The van der Waals surface area contributed by atoms with Crippen molar-refractivity contribution in [3.05, 3.63) is 58.9 Å². The highest BCUT2D eigenvalue weighted by atomic mass is 16.5. The molecule has 0 fully saturated rings. The van der Waals surface area contributed by atoms with Gasteiger partial charge in [0.1, 0.15) is 24.1 Å². The lowest BCUT2D eigenvalue weighted by Gasteiger charge is -2.09. The van der Waals surface area contributed by atoms with Crippen LogP contribution in [0.4, 0.5) is 0 Å². The number of aliphatic hydroxyl groups excluding tert-OH is 1. The Morgan fingerprint density at radius 1 is 1.40 bits per heavy atom. The molecule has 100 valence electrons. The van der Waals surface area contributed by atoms with Gasteiger partial charge in [0.2, 0.25) is 0 Å². The fourth-order valence-corrected chi connectivity index (χ4v) is 2.48. The molecular weight excluding hydrogens is 252 g/mol. The molecule has 2 aromatic rings. The Morgan fingerprint density at radius 3 is 3.15 bits per heavy atom. The minimum Gasteiger partial charge on any atom is -0.489 e. The molecule has 1 aliphatic rings. The van der Waals surface area contributed by atoms with Gasteiger partial charge in [-0.05, 0) is 42.2 Å². The first kappa shape index (κ1) is 12.6. The quantitative estimate of drug-likeness (QED) is 0.927. The molecule has 1 heterocycles. The van der Waals surface area contributed by atoms with E-state index in [0.29, 0.717) is 12.3 Å². The number of hydrogen-bond donors (Lipinski definition) is 1. The van der Waals surface area contributed by atoms with E-state index in [9.17, 15) is 5.11 Å². The molecule has 0 saturated carbocycles. The van der Waals surface area contributed by atoms with Crippen molar-refractivity contribution < 1.29 is 9.84 Å². The average molecular weight is 266 g/mol. The number of nitrogens with zero attached hydrogens (tertiary/aromatic N) is 2. The second-order valence-electron chi connectivity index (χ2n) is 4.83. The van der Waals surface area contributed by atoms with Crippen molar-refractivity contribution in [2.24, 2.45) is 0 Å². The van der Waals surface area contributed by atoms with Crippen LogP contribution >= 0.6 is 0 Å². The summed E-state index contributed by atoms with van der Waals surface area (Å²) in [4.78, 5) is 4.00. The standard InChI is InChI=1S/C16H14N2O2/c17-9-15-12(2-1-7-18-15)10-20-13-4-5-14-11(8-13)3-6-16(14)19/h1-2,4-5,7-8,16,19H,3,6,10H2/t16-/m1/s1. The van der Waals surface area contributed by atoms with E-state index in [2.05, 4.69) is 11.1 Å². The van der Waals surface area contributed by atoms with Gasteiger partial charge in [-0.25, -0.2) is 4.98 Å². The van der Waals surface area contributed by atoms with Gasteiger partial charge in [-0.15, -0.1) is 0 Å². The summed E-state index contributed by atoms with van der Waals surface area (Å²) in [6, 6.07) is 11.4. The number of benzene rings is 1. The number of pyridine rings is 1. The van der Waals surface area contributed by atoms with Crippen LogP contribution in [0.5, 0.6) is 5.75 Å². The van der Waals surface area contributed by atoms with E-state index in [0.717, 1.165) is 35.3 Å². The maximum absolute atomic E-state index is 9.76. The maximum atomic E-state index is 9.76. The van der Waals surface area contributed by atoms with E-state index in [1.807, 2.05) is 24.3 Å². The third kappa shape index (κ3) is 2.36. The predicted octanol–water partition coefficient (Wildman–Crippen LogP) is 2.51. The number of aryl methyl sites for hydroxylation is 1. The number of fused-ring (bicyclic) bond motifs is 1. The minimum atomic E-state index is -0.345. The zero-order valence-corrected chi connectivity index (χ0v) is 10.9. The van der Waals surface area contributed by atoms with Gasteiger partial charge in [0.25, 0.3) is 0 Å². The molecule has 0 bridgehead atoms. The zero-order chi connectivity index (χ0) is 13.9.